The Morgan fingerprint density at radius 1 is 1.17 bits per heavy atom. The molecule has 0 fully saturated rings. The van der Waals surface area contributed by atoms with Crippen molar-refractivity contribution in [3.05, 3.63) is 12.2 Å². The van der Waals surface area contributed by atoms with Gasteiger partial charge in [-0.15, -0.1) is 0 Å². The van der Waals surface area contributed by atoms with Crippen LogP contribution in [-0.2, 0) is 9.53 Å². The predicted octanol–water partition coefficient (Wildman–Crippen LogP) is 0.0793. The molecule has 0 aromatic heterocycles. The number of aliphatic carboxylic acids is 1. The Hall–Kier alpha value is -0.950. The van der Waals surface area contributed by atoms with Gasteiger partial charge in [0.25, 0.3) is 0 Å². The first kappa shape index (κ1) is 22.1. The lowest BCUT2D eigenvalue weighted by Gasteiger charge is -2.43. The minimum Gasteiger partial charge on any atom is -0.544 e. The summed E-state index contributed by atoms with van der Waals surface area (Å²) in [7, 11) is 0. The minimum absolute atomic E-state index is 0.0650. The van der Waals surface area contributed by atoms with Crippen molar-refractivity contribution in [3.63, 3.8) is 0 Å². The van der Waals surface area contributed by atoms with Crippen LogP contribution < -0.4 is 5.11 Å². The lowest BCUT2D eigenvalue weighted by atomic mass is 10.2. The first-order valence-corrected chi connectivity index (χ1v) is 8.55. The summed E-state index contributed by atoms with van der Waals surface area (Å²) in [6.45, 7) is 5.22. The number of carboxylic acid groups (broad SMARTS) is 1. The Balaban J connectivity index is 4.31. The smallest absolute Gasteiger partial charge is 0.126 e. The number of ether oxygens (including phenoxy) is 1. The largest absolute Gasteiger partial charge is 0.544 e. The van der Waals surface area contributed by atoms with E-state index in [4.69, 9.17) is 4.74 Å². The van der Waals surface area contributed by atoms with Crippen molar-refractivity contribution in [1.29, 1.82) is 0 Å². The second-order valence-corrected chi connectivity index (χ2v) is 5.87. The van der Waals surface area contributed by atoms with Gasteiger partial charge in [-0.25, -0.2) is 0 Å². The van der Waals surface area contributed by atoms with Gasteiger partial charge in [0.2, 0.25) is 0 Å². The number of aliphatic hydroxyl groups excluding tert-OH is 2. The SMILES string of the molecule is CCCCC/C=C/COCC[N+](CCO)(CCO)C(C)C(=O)[O-]. The van der Waals surface area contributed by atoms with Crippen molar-refractivity contribution in [3.8, 4) is 0 Å². The van der Waals surface area contributed by atoms with Gasteiger partial charge in [0.05, 0.1) is 32.4 Å². The second kappa shape index (κ2) is 13.5. The van der Waals surface area contributed by atoms with Crippen LogP contribution in [0, 0.1) is 0 Å². The third-order valence-electron chi connectivity index (χ3n) is 4.29. The van der Waals surface area contributed by atoms with Gasteiger partial charge >= 0.3 is 0 Å². The Bertz CT molecular complexity index is 327. The second-order valence-electron chi connectivity index (χ2n) is 5.87. The molecule has 2 N–H and O–H groups in total. The number of carbonyl (C=O) groups is 1. The number of nitrogens with zero attached hydrogens (tertiary/aromatic N) is 1. The number of hydrogen-bond donors (Lipinski definition) is 2. The van der Waals surface area contributed by atoms with Crippen LogP contribution in [0.3, 0.4) is 0 Å². The van der Waals surface area contributed by atoms with E-state index < -0.39 is 12.0 Å². The zero-order valence-electron chi connectivity index (χ0n) is 14.6. The van der Waals surface area contributed by atoms with Gasteiger partial charge in [-0.3, -0.25) is 0 Å². The monoisotopic (exact) mass is 331 g/mol. The number of aliphatic hydroxyl groups is 2. The van der Waals surface area contributed by atoms with Crippen molar-refractivity contribution in [1.82, 2.24) is 0 Å². The number of rotatable bonds is 15. The van der Waals surface area contributed by atoms with Crippen molar-refractivity contribution in [2.45, 2.75) is 45.6 Å². The summed E-state index contributed by atoms with van der Waals surface area (Å²) >= 11 is 0. The summed E-state index contributed by atoms with van der Waals surface area (Å²) in [5, 5.41) is 29.7. The average molecular weight is 331 g/mol. The van der Waals surface area contributed by atoms with Crippen molar-refractivity contribution < 1.29 is 29.3 Å². The van der Waals surface area contributed by atoms with E-state index in [1.54, 1.807) is 6.92 Å². The Labute approximate surface area is 140 Å². The maximum absolute atomic E-state index is 11.2. The highest BCUT2D eigenvalue weighted by Crippen LogP contribution is 2.13. The fourth-order valence-electron chi connectivity index (χ4n) is 2.63. The van der Waals surface area contributed by atoms with E-state index >= 15 is 0 Å². The standard InChI is InChI=1S/C17H33NO5/c1-3-4-5-6-7-8-14-23-15-11-18(9-12-19,10-13-20)16(2)17(21)22/h7-8,16,19-20H,3-6,9-15H2,1-2H3/b8-7+. The number of allylic oxidation sites excluding steroid dienone is 1. The Kier molecular flexibility index (Phi) is 12.9. The van der Waals surface area contributed by atoms with E-state index in [1.807, 2.05) is 6.08 Å². The summed E-state index contributed by atoms with van der Waals surface area (Å²) in [5.41, 5.74) is 0. The van der Waals surface area contributed by atoms with Crippen LogP contribution in [0.25, 0.3) is 0 Å². The molecule has 0 heterocycles. The molecule has 0 spiro atoms. The van der Waals surface area contributed by atoms with E-state index in [0.29, 0.717) is 19.8 Å². The molecular weight excluding hydrogens is 298 g/mol. The molecule has 6 nitrogen and oxygen atoms in total. The fraction of sp³-hybridized carbons (Fsp3) is 0.824. The summed E-state index contributed by atoms with van der Waals surface area (Å²) in [6, 6.07) is -0.803. The number of carbonyl (C=O) groups excluding carboxylic acids is 1. The molecule has 0 saturated heterocycles. The van der Waals surface area contributed by atoms with Gasteiger partial charge in [0, 0.05) is 0 Å². The molecule has 0 aromatic rings. The van der Waals surface area contributed by atoms with Crippen molar-refractivity contribution in [2.75, 3.05) is 46.1 Å². The number of quaternary nitrogens is 1. The normalized spacial score (nSPS) is 13.6. The topological polar surface area (TPSA) is 89.8 Å². The molecule has 1 atom stereocenters. The van der Waals surface area contributed by atoms with Crippen LogP contribution in [0.15, 0.2) is 12.2 Å². The summed E-state index contributed by atoms with van der Waals surface area (Å²) < 4.78 is 5.60. The lowest BCUT2D eigenvalue weighted by Crippen LogP contribution is -2.63. The molecule has 6 heteroatoms. The van der Waals surface area contributed by atoms with Gasteiger partial charge in [0.15, 0.2) is 0 Å². The van der Waals surface area contributed by atoms with Crippen molar-refractivity contribution in [2.24, 2.45) is 0 Å². The first-order chi connectivity index (χ1) is 11.0. The summed E-state index contributed by atoms with van der Waals surface area (Å²) in [4.78, 5) is 11.2. The molecule has 23 heavy (non-hydrogen) atoms. The molecule has 0 aliphatic heterocycles. The van der Waals surface area contributed by atoms with Crippen LogP contribution in [0.1, 0.15) is 39.5 Å². The molecule has 0 radical (unpaired) electrons. The number of unbranched alkanes of at least 4 members (excludes halogenated alkanes) is 3. The molecule has 1 unspecified atom stereocenters. The molecular formula is C17H33NO5. The number of carboxylic acids is 1. The molecule has 0 bridgehead atoms. The minimum atomic E-state index is -1.18. The molecule has 0 aliphatic rings. The van der Waals surface area contributed by atoms with Gasteiger partial charge in [0.1, 0.15) is 25.7 Å². The summed E-state index contributed by atoms with van der Waals surface area (Å²) in [6.07, 6.45) is 8.75. The molecule has 0 saturated carbocycles. The first-order valence-electron chi connectivity index (χ1n) is 8.55. The van der Waals surface area contributed by atoms with E-state index in [-0.39, 0.29) is 30.8 Å². The van der Waals surface area contributed by atoms with Crippen LogP contribution in [0.4, 0.5) is 0 Å². The van der Waals surface area contributed by atoms with Crippen LogP contribution >= 0.6 is 0 Å². The summed E-state index contributed by atoms with van der Waals surface area (Å²) in [5.74, 6) is -1.18. The van der Waals surface area contributed by atoms with E-state index in [9.17, 15) is 20.1 Å². The van der Waals surface area contributed by atoms with Gasteiger partial charge in [-0.1, -0.05) is 31.9 Å². The molecule has 136 valence electrons. The van der Waals surface area contributed by atoms with E-state index in [1.165, 1.54) is 19.3 Å². The van der Waals surface area contributed by atoms with E-state index in [2.05, 4.69) is 13.0 Å². The molecule has 0 aromatic carbocycles. The number of hydrogen-bond acceptors (Lipinski definition) is 5. The predicted molar refractivity (Wildman–Crippen MR) is 87.6 cm³/mol. The maximum atomic E-state index is 11.2. The third-order valence-corrected chi connectivity index (χ3v) is 4.29. The molecule has 0 amide bonds. The highest BCUT2D eigenvalue weighted by Gasteiger charge is 2.33. The third kappa shape index (κ3) is 9.05. The average Bonchev–Trinajstić information content (AvgIpc) is 2.52. The zero-order chi connectivity index (χ0) is 17.6. The molecule has 0 rings (SSSR count). The highest BCUT2D eigenvalue weighted by atomic mass is 16.5. The van der Waals surface area contributed by atoms with Crippen LogP contribution in [0.5, 0.6) is 0 Å². The van der Waals surface area contributed by atoms with E-state index in [0.717, 1.165) is 6.42 Å². The van der Waals surface area contributed by atoms with Gasteiger partial charge < -0.3 is 29.3 Å². The Morgan fingerprint density at radius 3 is 2.35 bits per heavy atom. The highest BCUT2D eigenvalue weighted by molar-refractivity contribution is 5.69. The van der Waals surface area contributed by atoms with Gasteiger partial charge in [-0.05, 0) is 19.8 Å². The zero-order valence-corrected chi connectivity index (χ0v) is 14.6. The van der Waals surface area contributed by atoms with Crippen LogP contribution in [0.2, 0.25) is 0 Å². The van der Waals surface area contributed by atoms with Crippen molar-refractivity contribution >= 4 is 5.97 Å². The molecule has 0 aliphatic carbocycles. The Morgan fingerprint density at radius 2 is 1.83 bits per heavy atom. The van der Waals surface area contributed by atoms with Gasteiger partial charge in [-0.2, -0.15) is 0 Å². The van der Waals surface area contributed by atoms with Crippen LogP contribution in [-0.4, -0.2) is 72.8 Å². The fourth-order valence-corrected chi connectivity index (χ4v) is 2.63. The lowest BCUT2D eigenvalue weighted by molar-refractivity contribution is -0.944. The maximum Gasteiger partial charge on any atom is 0.126 e. The quantitative estimate of drug-likeness (QED) is 0.252.